The van der Waals surface area contributed by atoms with Gasteiger partial charge in [-0.1, -0.05) is 11.6 Å². The van der Waals surface area contributed by atoms with Gasteiger partial charge in [0.05, 0.1) is 17.1 Å². The molecule has 0 atom stereocenters. The van der Waals surface area contributed by atoms with Crippen LogP contribution >= 0.6 is 11.6 Å². The third-order valence-corrected chi connectivity index (χ3v) is 2.99. The summed E-state index contributed by atoms with van der Waals surface area (Å²) in [6.07, 6.45) is 0. The van der Waals surface area contributed by atoms with Crippen molar-refractivity contribution in [1.82, 2.24) is 10.2 Å². The second kappa shape index (κ2) is 7.14. The fraction of sp³-hybridized carbons (Fsp3) is 0.429. The summed E-state index contributed by atoms with van der Waals surface area (Å²) in [6.45, 7) is 5.98. The van der Waals surface area contributed by atoms with Crippen LogP contribution in [0.25, 0.3) is 0 Å². The molecule has 110 valence electrons. The smallest absolute Gasteiger partial charge is 0.255 e. The Morgan fingerprint density at radius 3 is 2.55 bits per heavy atom. The highest BCUT2D eigenvalue weighted by molar-refractivity contribution is 6.34. The Kier molecular flexibility index (Phi) is 5.82. The molecule has 0 heterocycles. The standard InChI is InChI=1S/C14H20ClN3O2/c1-4-18(8-13(19)17-9(2)3)14(20)11-6-5-10(16)7-12(11)15/h5-7,9H,4,8,16H2,1-3H3,(H,17,19). The van der Waals surface area contributed by atoms with Crippen LogP contribution in [-0.2, 0) is 4.79 Å². The lowest BCUT2D eigenvalue weighted by Crippen LogP contribution is -2.42. The summed E-state index contributed by atoms with van der Waals surface area (Å²) in [4.78, 5) is 25.5. The predicted molar refractivity (Wildman–Crippen MR) is 80.7 cm³/mol. The van der Waals surface area contributed by atoms with E-state index in [1.165, 1.54) is 11.0 Å². The third-order valence-electron chi connectivity index (χ3n) is 2.68. The zero-order valence-corrected chi connectivity index (χ0v) is 12.7. The molecule has 0 saturated carbocycles. The zero-order chi connectivity index (χ0) is 15.3. The summed E-state index contributed by atoms with van der Waals surface area (Å²) in [7, 11) is 0. The largest absolute Gasteiger partial charge is 0.399 e. The number of amides is 2. The molecule has 1 rings (SSSR count). The average molecular weight is 298 g/mol. The Bertz CT molecular complexity index is 503. The van der Waals surface area contributed by atoms with Gasteiger partial charge in [-0.2, -0.15) is 0 Å². The predicted octanol–water partition coefficient (Wildman–Crippen LogP) is 1.91. The molecule has 6 heteroatoms. The lowest BCUT2D eigenvalue weighted by Gasteiger charge is -2.21. The van der Waals surface area contributed by atoms with Crippen LogP contribution in [0, 0.1) is 0 Å². The van der Waals surface area contributed by atoms with E-state index < -0.39 is 0 Å². The van der Waals surface area contributed by atoms with E-state index in [0.29, 0.717) is 17.8 Å². The molecule has 0 unspecified atom stereocenters. The van der Waals surface area contributed by atoms with Crippen LogP contribution in [0.4, 0.5) is 5.69 Å². The number of hydrogen-bond donors (Lipinski definition) is 2. The first-order valence-electron chi connectivity index (χ1n) is 6.48. The van der Waals surface area contributed by atoms with E-state index in [2.05, 4.69) is 5.32 Å². The Morgan fingerprint density at radius 2 is 2.05 bits per heavy atom. The second-order valence-corrected chi connectivity index (χ2v) is 5.19. The molecule has 1 aromatic carbocycles. The molecule has 0 radical (unpaired) electrons. The van der Waals surface area contributed by atoms with E-state index in [9.17, 15) is 9.59 Å². The number of nitrogens with zero attached hydrogens (tertiary/aromatic N) is 1. The fourth-order valence-corrected chi connectivity index (χ4v) is 2.01. The van der Waals surface area contributed by atoms with Crippen molar-refractivity contribution in [1.29, 1.82) is 0 Å². The summed E-state index contributed by atoms with van der Waals surface area (Å²) >= 11 is 6.02. The van der Waals surface area contributed by atoms with E-state index in [1.807, 2.05) is 20.8 Å². The van der Waals surface area contributed by atoms with Gasteiger partial charge in [0.2, 0.25) is 5.91 Å². The molecule has 0 aliphatic carbocycles. The molecule has 0 spiro atoms. The number of carbonyl (C=O) groups is 2. The van der Waals surface area contributed by atoms with Gasteiger partial charge < -0.3 is 16.0 Å². The topological polar surface area (TPSA) is 75.4 Å². The molecule has 0 aliphatic heterocycles. The van der Waals surface area contributed by atoms with Crippen LogP contribution in [-0.4, -0.2) is 35.8 Å². The maximum absolute atomic E-state index is 12.3. The number of nitrogens with one attached hydrogen (secondary N) is 1. The quantitative estimate of drug-likeness (QED) is 0.815. The van der Waals surface area contributed by atoms with Gasteiger partial charge in [0.1, 0.15) is 0 Å². The van der Waals surface area contributed by atoms with Gasteiger partial charge in [0.25, 0.3) is 5.91 Å². The normalized spacial score (nSPS) is 10.4. The minimum atomic E-state index is -0.281. The monoisotopic (exact) mass is 297 g/mol. The molecule has 0 aliphatic rings. The summed E-state index contributed by atoms with van der Waals surface area (Å²) < 4.78 is 0. The van der Waals surface area contributed by atoms with Gasteiger partial charge in [-0.15, -0.1) is 0 Å². The first kappa shape index (κ1) is 16.3. The third kappa shape index (κ3) is 4.42. The van der Waals surface area contributed by atoms with Crippen LogP contribution in [0.5, 0.6) is 0 Å². The molecule has 2 amide bonds. The molecule has 0 saturated heterocycles. The van der Waals surface area contributed by atoms with Gasteiger partial charge in [-0.05, 0) is 39.0 Å². The Hall–Kier alpha value is -1.75. The van der Waals surface area contributed by atoms with Crippen LogP contribution in [0.15, 0.2) is 18.2 Å². The van der Waals surface area contributed by atoms with Crippen LogP contribution in [0.2, 0.25) is 5.02 Å². The lowest BCUT2D eigenvalue weighted by molar-refractivity contribution is -0.122. The molecule has 3 N–H and O–H groups in total. The van der Waals surface area contributed by atoms with E-state index >= 15 is 0 Å². The summed E-state index contributed by atoms with van der Waals surface area (Å²) in [5.74, 6) is -0.474. The van der Waals surface area contributed by atoms with Gasteiger partial charge in [0.15, 0.2) is 0 Å². The summed E-state index contributed by atoms with van der Waals surface area (Å²) in [6, 6.07) is 4.75. The van der Waals surface area contributed by atoms with Crippen LogP contribution < -0.4 is 11.1 Å². The molecular formula is C14H20ClN3O2. The number of anilines is 1. The molecule has 5 nitrogen and oxygen atoms in total. The van der Waals surface area contributed by atoms with Crippen LogP contribution in [0.1, 0.15) is 31.1 Å². The van der Waals surface area contributed by atoms with E-state index in [4.69, 9.17) is 17.3 Å². The van der Waals surface area contributed by atoms with Crippen molar-refractivity contribution in [3.05, 3.63) is 28.8 Å². The van der Waals surface area contributed by atoms with Crippen molar-refractivity contribution in [3.63, 3.8) is 0 Å². The Morgan fingerprint density at radius 1 is 1.40 bits per heavy atom. The van der Waals surface area contributed by atoms with Crippen LogP contribution in [0.3, 0.4) is 0 Å². The van der Waals surface area contributed by atoms with Crippen molar-refractivity contribution in [2.45, 2.75) is 26.8 Å². The number of rotatable bonds is 5. The SMILES string of the molecule is CCN(CC(=O)NC(C)C)C(=O)c1ccc(N)cc1Cl. The molecular weight excluding hydrogens is 278 g/mol. The number of carbonyl (C=O) groups excluding carboxylic acids is 2. The Balaban J connectivity index is 2.84. The van der Waals surface area contributed by atoms with Gasteiger partial charge in [-0.25, -0.2) is 0 Å². The molecule has 0 fully saturated rings. The molecule has 0 bridgehead atoms. The van der Waals surface area contributed by atoms with Gasteiger partial charge in [-0.3, -0.25) is 9.59 Å². The number of halogens is 1. The molecule has 0 aromatic heterocycles. The maximum atomic E-state index is 12.3. The number of hydrogen-bond acceptors (Lipinski definition) is 3. The van der Waals surface area contributed by atoms with Crippen molar-refractivity contribution in [3.8, 4) is 0 Å². The highest BCUT2D eigenvalue weighted by Crippen LogP contribution is 2.20. The summed E-state index contributed by atoms with van der Waals surface area (Å²) in [5, 5.41) is 3.04. The number of likely N-dealkylation sites (N-methyl/N-ethyl adjacent to an activating group) is 1. The van der Waals surface area contributed by atoms with Crippen molar-refractivity contribution in [2.24, 2.45) is 0 Å². The minimum absolute atomic E-state index is 0.00815. The first-order valence-corrected chi connectivity index (χ1v) is 6.86. The van der Waals surface area contributed by atoms with Crippen molar-refractivity contribution < 1.29 is 9.59 Å². The van der Waals surface area contributed by atoms with Gasteiger partial charge in [0, 0.05) is 18.3 Å². The van der Waals surface area contributed by atoms with Gasteiger partial charge >= 0.3 is 0 Å². The summed E-state index contributed by atoms with van der Waals surface area (Å²) in [5.41, 5.74) is 6.44. The van der Waals surface area contributed by atoms with E-state index in [1.54, 1.807) is 12.1 Å². The average Bonchev–Trinajstić information content (AvgIpc) is 2.34. The van der Waals surface area contributed by atoms with E-state index in [0.717, 1.165) is 0 Å². The number of nitrogens with two attached hydrogens (primary N) is 1. The molecule has 20 heavy (non-hydrogen) atoms. The molecule has 1 aromatic rings. The number of benzene rings is 1. The Labute approximate surface area is 124 Å². The van der Waals surface area contributed by atoms with Crippen molar-refractivity contribution in [2.75, 3.05) is 18.8 Å². The van der Waals surface area contributed by atoms with Crippen molar-refractivity contribution >= 4 is 29.1 Å². The fourth-order valence-electron chi connectivity index (χ4n) is 1.74. The maximum Gasteiger partial charge on any atom is 0.255 e. The minimum Gasteiger partial charge on any atom is -0.399 e. The van der Waals surface area contributed by atoms with E-state index in [-0.39, 0.29) is 29.4 Å². The second-order valence-electron chi connectivity index (χ2n) is 4.78. The highest BCUT2D eigenvalue weighted by Gasteiger charge is 2.19. The zero-order valence-electron chi connectivity index (χ0n) is 11.9. The lowest BCUT2D eigenvalue weighted by atomic mass is 10.1. The highest BCUT2D eigenvalue weighted by atomic mass is 35.5. The number of nitrogen functional groups attached to an aromatic ring is 1. The first-order chi connectivity index (χ1) is 9.35.